The zero-order chi connectivity index (χ0) is 12.5. The van der Waals surface area contributed by atoms with Crippen molar-refractivity contribution in [3.63, 3.8) is 0 Å². The lowest BCUT2D eigenvalue weighted by atomic mass is 9.92. The number of nitrogens with zero attached hydrogens (tertiary/aromatic N) is 2. The lowest BCUT2D eigenvalue weighted by molar-refractivity contribution is 0.0853. The van der Waals surface area contributed by atoms with Crippen molar-refractivity contribution >= 4 is 11.6 Å². The van der Waals surface area contributed by atoms with Gasteiger partial charge < -0.3 is 15.4 Å². The maximum atomic E-state index is 12.9. The Kier molecular flexibility index (Phi) is 3.07. The molecule has 0 spiro atoms. The van der Waals surface area contributed by atoms with E-state index in [2.05, 4.69) is 11.1 Å². The standard InChI is InChI=1S/C13H18FN3O/c14-11-7-17(8-11)13-6-10(5-12(15)16-13)9-1-3-18-4-2-9/h5-6,9,11H,1-4,7-8H2,(H2,15,16). The minimum absolute atomic E-state index is 0.434. The van der Waals surface area contributed by atoms with Crippen molar-refractivity contribution in [3.8, 4) is 0 Å². The maximum Gasteiger partial charge on any atom is 0.135 e. The van der Waals surface area contributed by atoms with E-state index in [1.54, 1.807) is 0 Å². The zero-order valence-corrected chi connectivity index (χ0v) is 10.3. The molecule has 0 unspecified atom stereocenters. The second kappa shape index (κ2) is 4.72. The summed E-state index contributed by atoms with van der Waals surface area (Å²) < 4.78 is 18.3. The third-order valence-electron chi connectivity index (χ3n) is 3.71. The van der Waals surface area contributed by atoms with Crippen LogP contribution in [0.4, 0.5) is 16.0 Å². The average molecular weight is 251 g/mol. The predicted octanol–water partition coefficient (Wildman–Crippen LogP) is 1.72. The summed E-state index contributed by atoms with van der Waals surface area (Å²) in [6, 6.07) is 3.99. The molecule has 0 atom stereocenters. The van der Waals surface area contributed by atoms with E-state index in [0.717, 1.165) is 31.9 Å². The van der Waals surface area contributed by atoms with E-state index in [0.29, 0.717) is 24.8 Å². The van der Waals surface area contributed by atoms with E-state index in [1.165, 1.54) is 5.56 Å². The fourth-order valence-corrected chi connectivity index (χ4v) is 2.60. The van der Waals surface area contributed by atoms with Crippen molar-refractivity contribution in [2.45, 2.75) is 24.9 Å². The van der Waals surface area contributed by atoms with Crippen molar-refractivity contribution in [2.24, 2.45) is 0 Å². The van der Waals surface area contributed by atoms with E-state index >= 15 is 0 Å². The van der Waals surface area contributed by atoms with Crippen LogP contribution in [0.1, 0.15) is 24.3 Å². The van der Waals surface area contributed by atoms with Crippen molar-refractivity contribution in [1.29, 1.82) is 0 Å². The number of ether oxygens (including phenoxy) is 1. The number of hydrogen-bond donors (Lipinski definition) is 1. The summed E-state index contributed by atoms with van der Waals surface area (Å²) >= 11 is 0. The summed E-state index contributed by atoms with van der Waals surface area (Å²) in [5, 5.41) is 0. The summed E-state index contributed by atoms with van der Waals surface area (Å²) in [5.41, 5.74) is 7.07. The molecule has 18 heavy (non-hydrogen) atoms. The minimum atomic E-state index is -0.722. The van der Waals surface area contributed by atoms with Crippen LogP contribution in [0, 0.1) is 0 Å². The van der Waals surface area contributed by atoms with Crippen LogP contribution >= 0.6 is 0 Å². The molecular weight excluding hydrogens is 233 g/mol. The summed E-state index contributed by atoms with van der Waals surface area (Å²) in [7, 11) is 0. The third kappa shape index (κ3) is 2.27. The van der Waals surface area contributed by atoms with Crippen molar-refractivity contribution < 1.29 is 9.13 Å². The number of hydrogen-bond acceptors (Lipinski definition) is 4. The molecule has 0 bridgehead atoms. The summed E-state index contributed by atoms with van der Waals surface area (Å²) in [6.45, 7) is 2.48. The molecule has 98 valence electrons. The molecule has 4 nitrogen and oxygen atoms in total. The van der Waals surface area contributed by atoms with Crippen molar-refractivity contribution in [3.05, 3.63) is 17.7 Å². The minimum Gasteiger partial charge on any atom is -0.384 e. The van der Waals surface area contributed by atoms with Gasteiger partial charge in [0.1, 0.15) is 17.8 Å². The monoisotopic (exact) mass is 251 g/mol. The molecule has 2 aliphatic heterocycles. The molecule has 3 heterocycles. The van der Waals surface area contributed by atoms with Gasteiger partial charge in [-0.2, -0.15) is 0 Å². The van der Waals surface area contributed by atoms with Gasteiger partial charge in [0.25, 0.3) is 0 Å². The van der Waals surface area contributed by atoms with E-state index in [-0.39, 0.29) is 0 Å². The molecule has 1 aromatic rings. The first-order valence-corrected chi connectivity index (χ1v) is 6.46. The number of nitrogen functional groups attached to an aromatic ring is 1. The number of pyridine rings is 1. The first-order chi connectivity index (χ1) is 8.72. The normalized spacial score (nSPS) is 21.9. The first-order valence-electron chi connectivity index (χ1n) is 6.46. The quantitative estimate of drug-likeness (QED) is 0.869. The molecule has 3 rings (SSSR count). The van der Waals surface area contributed by atoms with Crippen LogP contribution in [0.3, 0.4) is 0 Å². The van der Waals surface area contributed by atoms with Crippen LogP contribution < -0.4 is 10.6 Å². The molecule has 0 saturated carbocycles. The molecule has 2 saturated heterocycles. The molecule has 2 aliphatic rings. The van der Waals surface area contributed by atoms with E-state index in [9.17, 15) is 4.39 Å². The van der Waals surface area contributed by atoms with Crippen LogP contribution in [0.2, 0.25) is 0 Å². The van der Waals surface area contributed by atoms with E-state index in [4.69, 9.17) is 10.5 Å². The Bertz CT molecular complexity index is 428. The van der Waals surface area contributed by atoms with Gasteiger partial charge in [0, 0.05) is 13.2 Å². The van der Waals surface area contributed by atoms with Gasteiger partial charge in [0.2, 0.25) is 0 Å². The molecule has 5 heteroatoms. The molecule has 0 aliphatic carbocycles. The Labute approximate surface area is 106 Å². The zero-order valence-electron chi connectivity index (χ0n) is 10.3. The summed E-state index contributed by atoms with van der Waals surface area (Å²) in [4.78, 5) is 6.23. The predicted molar refractivity (Wildman–Crippen MR) is 68.6 cm³/mol. The molecular formula is C13H18FN3O. The summed E-state index contributed by atoms with van der Waals surface area (Å²) in [6.07, 6.45) is 1.32. The molecule has 1 aromatic heterocycles. The highest BCUT2D eigenvalue weighted by molar-refractivity contribution is 5.51. The number of rotatable bonds is 2. The van der Waals surface area contributed by atoms with E-state index < -0.39 is 6.17 Å². The van der Waals surface area contributed by atoms with E-state index in [1.807, 2.05) is 11.0 Å². The van der Waals surface area contributed by atoms with Gasteiger partial charge in [-0.3, -0.25) is 0 Å². The van der Waals surface area contributed by atoms with Gasteiger partial charge in [-0.05, 0) is 36.5 Å². The number of alkyl halides is 1. The SMILES string of the molecule is Nc1cc(C2CCOCC2)cc(N2CC(F)C2)n1. The van der Waals surface area contributed by atoms with Gasteiger partial charge in [-0.25, -0.2) is 9.37 Å². The number of aromatic nitrogens is 1. The Balaban J connectivity index is 1.81. The molecule has 0 radical (unpaired) electrons. The van der Waals surface area contributed by atoms with Gasteiger partial charge in [0.15, 0.2) is 0 Å². The fourth-order valence-electron chi connectivity index (χ4n) is 2.60. The molecule has 0 amide bonds. The van der Waals surface area contributed by atoms with Gasteiger partial charge >= 0.3 is 0 Å². The average Bonchev–Trinajstić information content (AvgIpc) is 2.35. The lowest BCUT2D eigenvalue weighted by Crippen LogP contribution is -2.48. The number of anilines is 2. The highest BCUT2D eigenvalue weighted by Crippen LogP contribution is 2.31. The highest BCUT2D eigenvalue weighted by atomic mass is 19.1. The van der Waals surface area contributed by atoms with Gasteiger partial charge in [-0.15, -0.1) is 0 Å². The van der Waals surface area contributed by atoms with Crippen LogP contribution in [0.25, 0.3) is 0 Å². The highest BCUT2D eigenvalue weighted by Gasteiger charge is 2.28. The Morgan fingerprint density at radius 3 is 2.67 bits per heavy atom. The Morgan fingerprint density at radius 1 is 1.28 bits per heavy atom. The fraction of sp³-hybridized carbons (Fsp3) is 0.615. The lowest BCUT2D eigenvalue weighted by Gasteiger charge is -2.36. The van der Waals surface area contributed by atoms with Gasteiger partial charge in [-0.1, -0.05) is 0 Å². The third-order valence-corrected chi connectivity index (χ3v) is 3.71. The molecule has 2 N–H and O–H groups in total. The van der Waals surface area contributed by atoms with Crippen LogP contribution in [0.15, 0.2) is 12.1 Å². The first kappa shape index (κ1) is 11.7. The van der Waals surface area contributed by atoms with Crippen molar-refractivity contribution in [1.82, 2.24) is 4.98 Å². The second-order valence-corrected chi connectivity index (χ2v) is 5.07. The smallest absolute Gasteiger partial charge is 0.135 e. The number of halogens is 1. The topological polar surface area (TPSA) is 51.4 Å². The van der Waals surface area contributed by atoms with Crippen LogP contribution in [0.5, 0.6) is 0 Å². The second-order valence-electron chi connectivity index (χ2n) is 5.07. The Morgan fingerprint density at radius 2 is 2.00 bits per heavy atom. The van der Waals surface area contributed by atoms with Crippen LogP contribution in [-0.2, 0) is 4.74 Å². The summed E-state index contributed by atoms with van der Waals surface area (Å²) in [5.74, 6) is 1.83. The van der Waals surface area contributed by atoms with Gasteiger partial charge in [0.05, 0.1) is 13.1 Å². The maximum absolute atomic E-state index is 12.9. The van der Waals surface area contributed by atoms with Crippen LogP contribution in [-0.4, -0.2) is 37.5 Å². The largest absolute Gasteiger partial charge is 0.384 e. The number of nitrogens with two attached hydrogens (primary N) is 1. The molecule has 2 fully saturated rings. The Hall–Kier alpha value is -1.36. The molecule has 0 aromatic carbocycles. The van der Waals surface area contributed by atoms with Crippen molar-refractivity contribution in [2.75, 3.05) is 36.9 Å².